The quantitative estimate of drug-likeness (QED) is 0.552. The molecule has 0 aliphatic carbocycles. The standard InChI is InChI=1S/C28H39N5O/c1-20-14-24(15-21(2)34-20)16-29-17-26-22(3)31-33-27(11-12-30-28(26)33)25-10-7-13-32(19-25)18-23-8-5-4-6-9-23/h4-6,8-9,11-12,20-21,24-25,29H,7,10,13-19H2,1-3H3. The molecule has 4 heterocycles. The van der Waals surface area contributed by atoms with Crippen molar-refractivity contribution in [1.29, 1.82) is 0 Å². The Morgan fingerprint density at radius 3 is 2.68 bits per heavy atom. The molecule has 182 valence electrons. The molecule has 0 amide bonds. The summed E-state index contributed by atoms with van der Waals surface area (Å²) in [6.07, 6.45) is 7.39. The summed E-state index contributed by atoms with van der Waals surface area (Å²) in [6.45, 7) is 11.6. The molecule has 0 saturated carbocycles. The van der Waals surface area contributed by atoms with Crippen molar-refractivity contribution in [2.24, 2.45) is 5.92 Å². The lowest BCUT2D eigenvalue weighted by molar-refractivity contribution is -0.0516. The number of hydrogen-bond donors (Lipinski definition) is 1. The van der Waals surface area contributed by atoms with Gasteiger partial charge in [-0.15, -0.1) is 0 Å². The molecular formula is C28H39N5O. The number of rotatable bonds is 7. The minimum Gasteiger partial charge on any atom is -0.376 e. The number of nitrogens with zero attached hydrogens (tertiary/aromatic N) is 4. The van der Waals surface area contributed by atoms with Gasteiger partial charge in [-0.25, -0.2) is 9.50 Å². The number of piperidine rings is 1. The van der Waals surface area contributed by atoms with Gasteiger partial charge < -0.3 is 10.1 Å². The van der Waals surface area contributed by atoms with E-state index >= 15 is 0 Å². The van der Waals surface area contributed by atoms with Gasteiger partial charge in [-0.1, -0.05) is 30.3 Å². The van der Waals surface area contributed by atoms with E-state index in [1.165, 1.54) is 29.7 Å². The van der Waals surface area contributed by atoms with Crippen LogP contribution in [0.5, 0.6) is 0 Å². The van der Waals surface area contributed by atoms with Crippen LogP contribution in [0.2, 0.25) is 0 Å². The van der Waals surface area contributed by atoms with E-state index in [1.807, 2.05) is 6.20 Å². The van der Waals surface area contributed by atoms with Gasteiger partial charge in [-0.3, -0.25) is 4.90 Å². The molecule has 2 aliphatic rings. The fourth-order valence-electron chi connectivity index (χ4n) is 6.02. The monoisotopic (exact) mass is 461 g/mol. The molecule has 6 heteroatoms. The second-order valence-corrected chi connectivity index (χ2v) is 10.5. The number of aryl methyl sites for hydroxylation is 1. The average molecular weight is 462 g/mol. The number of benzene rings is 1. The van der Waals surface area contributed by atoms with Crippen LogP contribution in [-0.2, 0) is 17.8 Å². The van der Waals surface area contributed by atoms with Gasteiger partial charge in [-0.05, 0) is 77.1 Å². The van der Waals surface area contributed by atoms with Gasteiger partial charge in [0, 0.05) is 37.3 Å². The molecule has 6 nitrogen and oxygen atoms in total. The normalized spacial score (nSPS) is 26.2. The fraction of sp³-hybridized carbons (Fsp3) is 0.571. The van der Waals surface area contributed by atoms with Crippen molar-refractivity contribution >= 4 is 5.65 Å². The summed E-state index contributed by atoms with van der Waals surface area (Å²) >= 11 is 0. The van der Waals surface area contributed by atoms with Gasteiger partial charge in [0.2, 0.25) is 0 Å². The van der Waals surface area contributed by atoms with Crippen LogP contribution < -0.4 is 5.32 Å². The third kappa shape index (κ3) is 5.35. The molecule has 2 aliphatic heterocycles. The molecule has 34 heavy (non-hydrogen) atoms. The van der Waals surface area contributed by atoms with Crippen LogP contribution >= 0.6 is 0 Å². The molecule has 3 aromatic rings. The smallest absolute Gasteiger partial charge is 0.159 e. The molecule has 1 N–H and O–H groups in total. The van der Waals surface area contributed by atoms with Crippen molar-refractivity contribution in [2.45, 2.75) is 77.7 Å². The fourth-order valence-corrected chi connectivity index (χ4v) is 6.02. The first-order valence-electron chi connectivity index (χ1n) is 13.0. The van der Waals surface area contributed by atoms with Crippen molar-refractivity contribution in [3.63, 3.8) is 0 Å². The summed E-state index contributed by atoms with van der Waals surface area (Å²) in [5, 5.41) is 8.67. The van der Waals surface area contributed by atoms with E-state index < -0.39 is 0 Å². The second-order valence-electron chi connectivity index (χ2n) is 10.5. The van der Waals surface area contributed by atoms with Gasteiger partial charge in [0.25, 0.3) is 0 Å². The number of hydrogen-bond acceptors (Lipinski definition) is 5. The SMILES string of the molecule is Cc1nn2c(C3CCCN(Cc4ccccc4)C3)ccnc2c1CNCC1CC(C)OC(C)C1. The zero-order chi connectivity index (χ0) is 23.5. The van der Waals surface area contributed by atoms with E-state index in [-0.39, 0.29) is 0 Å². The van der Waals surface area contributed by atoms with E-state index in [4.69, 9.17) is 14.8 Å². The molecule has 2 aromatic heterocycles. The van der Waals surface area contributed by atoms with Gasteiger partial charge in [0.15, 0.2) is 5.65 Å². The van der Waals surface area contributed by atoms with Crippen LogP contribution in [0.25, 0.3) is 5.65 Å². The minimum atomic E-state index is 0.357. The summed E-state index contributed by atoms with van der Waals surface area (Å²) in [4.78, 5) is 7.35. The van der Waals surface area contributed by atoms with Crippen LogP contribution in [0, 0.1) is 12.8 Å². The second kappa shape index (κ2) is 10.5. The molecule has 2 fully saturated rings. The van der Waals surface area contributed by atoms with Crippen LogP contribution in [0.15, 0.2) is 42.6 Å². The number of ether oxygens (including phenoxy) is 1. The maximum atomic E-state index is 5.90. The summed E-state index contributed by atoms with van der Waals surface area (Å²) in [5.41, 5.74) is 6.00. The Kier molecular flexibility index (Phi) is 7.28. The Bertz CT molecular complexity index is 1070. The highest BCUT2D eigenvalue weighted by Crippen LogP contribution is 2.29. The number of fused-ring (bicyclic) bond motifs is 1. The first-order valence-corrected chi connectivity index (χ1v) is 13.0. The van der Waals surface area contributed by atoms with Crippen LogP contribution in [0.3, 0.4) is 0 Å². The topological polar surface area (TPSA) is 54.7 Å². The lowest BCUT2D eigenvalue weighted by atomic mass is 9.92. The molecule has 0 radical (unpaired) electrons. The highest BCUT2D eigenvalue weighted by atomic mass is 16.5. The zero-order valence-corrected chi connectivity index (χ0v) is 20.9. The Balaban J connectivity index is 1.27. The predicted molar refractivity (Wildman–Crippen MR) is 136 cm³/mol. The molecule has 0 spiro atoms. The Morgan fingerprint density at radius 1 is 1.09 bits per heavy atom. The molecule has 2 saturated heterocycles. The molecule has 1 aromatic carbocycles. The maximum Gasteiger partial charge on any atom is 0.159 e. The predicted octanol–water partition coefficient (Wildman–Crippen LogP) is 4.71. The van der Waals surface area contributed by atoms with Crippen molar-refractivity contribution in [3.05, 3.63) is 65.1 Å². The van der Waals surface area contributed by atoms with E-state index in [9.17, 15) is 0 Å². The summed E-state index contributed by atoms with van der Waals surface area (Å²) in [5.74, 6) is 1.15. The van der Waals surface area contributed by atoms with Gasteiger partial charge >= 0.3 is 0 Å². The Labute approximate surface area is 203 Å². The lowest BCUT2D eigenvalue weighted by Crippen LogP contribution is -2.35. The maximum absolute atomic E-state index is 5.90. The average Bonchev–Trinajstić information content (AvgIpc) is 3.14. The van der Waals surface area contributed by atoms with Crippen molar-refractivity contribution in [1.82, 2.24) is 24.8 Å². The molecule has 5 rings (SSSR count). The van der Waals surface area contributed by atoms with E-state index in [2.05, 4.69) is 71.9 Å². The van der Waals surface area contributed by atoms with E-state index in [0.29, 0.717) is 24.0 Å². The first-order chi connectivity index (χ1) is 16.6. The van der Waals surface area contributed by atoms with Crippen molar-refractivity contribution in [2.75, 3.05) is 19.6 Å². The van der Waals surface area contributed by atoms with Crippen LogP contribution in [-0.4, -0.2) is 51.3 Å². The highest BCUT2D eigenvalue weighted by Gasteiger charge is 2.26. The summed E-state index contributed by atoms with van der Waals surface area (Å²) in [6, 6.07) is 13.0. The number of likely N-dealkylation sites (tertiary alicyclic amines) is 1. The van der Waals surface area contributed by atoms with E-state index in [1.54, 1.807) is 0 Å². The van der Waals surface area contributed by atoms with Gasteiger partial charge in [0.05, 0.1) is 23.6 Å². The number of aromatic nitrogens is 3. The number of nitrogens with one attached hydrogen (secondary N) is 1. The van der Waals surface area contributed by atoms with Crippen molar-refractivity contribution < 1.29 is 4.74 Å². The zero-order valence-electron chi connectivity index (χ0n) is 20.9. The van der Waals surface area contributed by atoms with Crippen LogP contribution in [0.1, 0.15) is 68.0 Å². The minimum absolute atomic E-state index is 0.357. The lowest BCUT2D eigenvalue weighted by Gasteiger charge is -2.33. The van der Waals surface area contributed by atoms with Gasteiger partial charge in [-0.2, -0.15) is 5.10 Å². The molecule has 0 bridgehead atoms. The molecule has 3 atom stereocenters. The third-order valence-electron chi connectivity index (χ3n) is 7.55. The molecule has 3 unspecified atom stereocenters. The van der Waals surface area contributed by atoms with Gasteiger partial charge in [0.1, 0.15) is 0 Å². The third-order valence-corrected chi connectivity index (χ3v) is 7.55. The highest BCUT2D eigenvalue weighted by molar-refractivity contribution is 5.50. The van der Waals surface area contributed by atoms with Crippen molar-refractivity contribution in [3.8, 4) is 0 Å². The summed E-state index contributed by atoms with van der Waals surface area (Å²) < 4.78 is 8.03. The Morgan fingerprint density at radius 2 is 1.88 bits per heavy atom. The summed E-state index contributed by atoms with van der Waals surface area (Å²) in [7, 11) is 0. The van der Waals surface area contributed by atoms with Crippen LogP contribution in [0.4, 0.5) is 0 Å². The molecular weight excluding hydrogens is 422 g/mol. The van der Waals surface area contributed by atoms with E-state index in [0.717, 1.165) is 56.9 Å². The largest absolute Gasteiger partial charge is 0.376 e. The first kappa shape index (κ1) is 23.5. The Hall–Kier alpha value is -2.28.